The summed E-state index contributed by atoms with van der Waals surface area (Å²) in [7, 11) is 0. The Morgan fingerprint density at radius 2 is 1.86 bits per heavy atom. The van der Waals surface area contributed by atoms with E-state index in [-0.39, 0.29) is 53.9 Å². The summed E-state index contributed by atoms with van der Waals surface area (Å²) in [6.07, 6.45) is 5.50. The van der Waals surface area contributed by atoms with Gasteiger partial charge >= 0.3 is 0 Å². The van der Waals surface area contributed by atoms with Gasteiger partial charge in [0.05, 0.1) is 5.56 Å². The predicted molar refractivity (Wildman–Crippen MR) is 154 cm³/mol. The summed E-state index contributed by atoms with van der Waals surface area (Å²) in [6, 6.07) is 10.4. The van der Waals surface area contributed by atoms with Crippen molar-refractivity contribution in [3.8, 4) is 11.3 Å². The number of ether oxygens (including phenoxy) is 1. The lowest BCUT2D eigenvalue weighted by Gasteiger charge is -2.55. The Balaban J connectivity index is 1.30. The van der Waals surface area contributed by atoms with Crippen LogP contribution in [-0.4, -0.2) is 57.8 Å². The lowest BCUT2D eigenvalue weighted by molar-refractivity contribution is -0.148. The van der Waals surface area contributed by atoms with Gasteiger partial charge in [-0.3, -0.25) is 24.3 Å². The minimum absolute atomic E-state index is 0.00673. The molecule has 0 N–H and O–H groups in total. The average Bonchev–Trinajstić information content (AvgIpc) is 3.42. The summed E-state index contributed by atoms with van der Waals surface area (Å²) in [5.74, 6) is -1.76. The van der Waals surface area contributed by atoms with Crippen LogP contribution < -0.4 is 0 Å². The molecule has 3 heterocycles. The van der Waals surface area contributed by atoms with E-state index in [2.05, 4.69) is 15.0 Å². The van der Waals surface area contributed by atoms with E-state index in [0.29, 0.717) is 19.6 Å². The fourth-order valence-corrected chi connectivity index (χ4v) is 6.65. The maximum atomic E-state index is 14.3. The largest absolute Gasteiger partial charge is 0.462 e. The second-order valence-electron chi connectivity index (χ2n) is 13.1. The lowest BCUT2D eigenvalue weighted by atomic mass is 9.68. The molecule has 10 heteroatoms. The number of likely N-dealkylation sites (tertiary alicyclic amines) is 1. The van der Waals surface area contributed by atoms with E-state index in [1.807, 2.05) is 39.0 Å². The number of pyridine rings is 1. The Morgan fingerprint density at radius 3 is 2.51 bits per heavy atom. The molecule has 0 bridgehead atoms. The first kappa shape index (κ1) is 30.7. The first-order chi connectivity index (χ1) is 20.4. The number of carbonyl (C=O) groups is 3. The van der Waals surface area contributed by atoms with Gasteiger partial charge in [0.1, 0.15) is 28.7 Å². The highest BCUT2D eigenvalue weighted by Gasteiger charge is 2.49. The highest BCUT2D eigenvalue weighted by molar-refractivity contribution is 5.96. The zero-order chi connectivity index (χ0) is 30.8. The lowest BCUT2D eigenvalue weighted by Crippen LogP contribution is -2.62. The molecule has 1 aliphatic heterocycles. The number of carbonyl (C=O) groups excluding carboxylic acids is 3. The third-order valence-electron chi connectivity index (χ3n) is 9.04. The van der Waals surface area contributed by atoms with Crippen LogP contribution >= 0.6 is 0 Å². The Labute approximate surface area is 249 Å². The van der Waals surface area contributed by atoms with Gasteiger partial charge in [-0.2, -0.15) is 0 Å². The van der Waals surface area contributed by atoms with Gasteiger partial charge in [-0.25, -0.2) is 8.78 Å². The van der Waals surface area contributed by atoms with Crippen molar-refractivity contribution < 1.29 is 32.4 Å². The van der Waals surface area contributed by atoms with Crippen molar-refractivity contribution in [1.29, 1.82) is 0 Å². The highest BCUT2D eigenvalue weighted by Crippen LogP contribution is 2.45. The molecule has 1 saturated heterocycles. The van der Waals surface area contributed by atoms with E-state index >= 15 is 0 Å². The van der Waals surface area contributed by atoms with Crippen LogP contribution in [0.3, 0.4) is 0 Å². The zero-order valence-electron chi connectivity index (χ0n) is 24.8. The minimum Gasteiger partial charge on any atom is -0.462 e. The summed E-state index contributed by atoms with van der Waals surface area (Å²) in [6.45, 7) is 7.58. The molecule has 3 aromatic rings. The molecule has 0 spiro atoms. The molecule has 0 radical (unpaired) electrons. The summed E-state index contributed by atoms with van der Waals surface area (Å²) >= 11 is 0. The van der Waals surface area contributed by atoms with Crippen LogP contribution in [0.1, 0.15) is 81.9 Å². The number of hydrogen-bond donors (Lipinski definition) is 0. The van der Waals surface area contributed by atoms with Gasteiger partial charge in [-0.05, 0) is 56.9 Å². The predicted octanol–water partition coefficient (Wildman–Crippen LogP) is 6.09. The van der Waals surface area contributed by atoms with Crippen LogP contribution in [0.5, 0.6) is 0 Å². The minimum atomic E-state index is -0.815. The number of benzene rings is 1. The molecule has 2 fully saturated rings. The molecular formula is C33H37F2N3O5. The van der Waals surface area contributed by atoms with Crippen molar-refractivity contribution in [2.45, 2.75) is 82.8 Å². The van der Waals surface area contributed by atoms with Gasteiger partial charge in [-0.15, -0.1) is 0 Å². The van der Waals surface area contributed by atoms with E-state index in [0.717, 1.165) is 43.5 Å². The number of aromatic nitrogens is 2. The molecule has 228 valence electrons. The molecule has 0 amide bonds. The number of halogens is 2. The van der Waals surface area contributed by atoms with Gasteiger partial charge in [0.25, 0.3) is 6.47 Å². The first-order valence-electron chi connectivity index (χ1n) is 14.7. The summed E-state index contributed by atoms with van der Waals surface area (Å²) in [5, 5.41) is 3.88. The van der Waals surface area contributed by atoms with Crippen LogP contribution in [0.25, 0.3) is 11.3 Å². The molecular weight excluding hydrogens is 556 g/mol. The van der Waals surface area contributed by atoms with Crippen LogP contribution in [0.4, 0.5) is 8.78 Å². The van der Waals surface area contributed by atoms with Crippen LogP contribution in [-0.2, 0) is 19.7 Å². The summed E-state index contributed by atoms with van der Waals surface area (Å²) in [4.78, 5) is 44.7. The molecule has 1 aliphatic carbocycles. The van der Waals surface area contributed by atoms with Crippen molar-refractivity contribution in [3.05, 3.63) is 71.7 Å². The second-order valence-corrected chi connectivity index (χ2v) is 13.1. The fourth-order valence-electron chi connectivity index (χ4n) is 6.65. The third kappa shape index (κ3) is 6.90. The number of nitrogens with zero attached hydrogens (tertiary/aromatic N) is 3. The monoisotopic (exact) mass is 593 g/mol. The molecule has 8 nitrogen and oxygen atoms in total. The van der Waals surface area contributed by atoms with E-state index in [9.17, 15) is 23.2 Å². The van der Waals surface area contributed by atoms with Gasteiger partial charge in [0, 0.05) is 73.2 Å². The summed E-state index contributed by atoms with van der Waals surface area (Å²) < 4.78 is 38.3. The van der Waals surface area contributed by atoms with Gasteiger partial charge in [0.2, 0.25) is 0 Å². The normalized spacial score (nSPS) is 22.0. The smallest absolute Gasteiger partial charge is 0.293 e. The summed E-state index contributed by atoms with van der Waals surface area (Å²) in [5.41, 5.74) is -0.647. The SMILES string of the molecule is CC1(OC=O)CCC(N2CC(CC(=O)CC(C)(C)c3ccccn3)(CC(=O)c3cc(-c4ccc(F)cc4F)on3)C2)CC1. The van der Waals surface area contributed by atoms with Gasteiger partial charge < -0.3 is 9.26 Å². The van der Waals surface area contributed by atoms with Crippen molar-refractivity contribution >= 4 is 18.0 Å². The highest BCUT2D eigenvalue weighted by atomic mass is 19.1. The number of hydrogen-bond acceptors (Lipinski definition) is 8. The van der Waals surface area contributed by atoms with Gasteiger partial charge in [0.15, 0.2) is 11.5 Å². The molecule has 43 heavy (non-hydrogen) atoms. The molecule has 0 unspecified atom stereocenters. The maximum Gasteiger partial charge on any atom is 0.293 e. The average molecular weight is 594 g/mol. The number of rotatable bonds is 12. The van der Waals surface area contributed by atoms with E-state index in [4.69, 9.17) is 9.26 Å². The number of ketones is 2. The van der Waals surface area contributed by atoms with Crippen LogP contribution in [0.15, 0.2) is 53.2 Å². The van der Waals surface area contributed by atoms with Crippen molar-refractivity contribution in [2.24, 2.45) is 5.41 Å². The van der Waals surface area contributed by atoms with Gasteiger partial charge in [-0.1, -0.05) is 25.1 Å². The van der Waals surface area contributed by atoms with E-state index in [1.165, 1.54) is 12.1 Å². The first-order valence-corrected chi connectivity index (χ1v) is 14.7. The van der Waals surface area contributed by atoms with Crippen molar-refractivity contribution in [2.75, 3.05) is 13.1 Å². The Morgan fingerprint density at radius 1 is 1.12 bits per heavy atom. The van der Waals surface area contributed by atoms with E-state index in [1.54, 1.807) is 6.20 Å². The zero-order valence-corrected chi connectivity index (χ0v) is 24.8. The standard InChI is InChI=1S/C33H37F2N3O5/c1-31(2,30-6-4-5-13-36-30)16-24(40)17-33(19-38(20-33)23-9-11-32(3,12-10-23)42-21-39)18-28(41)27-15-29(43-37-27)25-8-7-22(34)14-26(25)35/h4-8,13-15,21,23H,9-12,16-20H2,1-3H3. The van der Waals surface area contributed by atoms with Crippen molar-refractivity contribution in [1.82, 2.24) is 15.0 Å². The Bertz CT molecular complexity index is 1470. The van der Waals surface area contributed by atoms with Crippen LogP contribution in [0, 0.1) is 17.0 Å². The molecule has 2 aromatic heterocycles. The topological polar surface area (TPSA) is 103 Å². The fraction of sp³-hybridized carbons (Fsp3) is 0.485. The molecule has 0 atom stereocenters. The maximum absolute atomic E-state index is 14.3. The molecule has 1 aromatic carbocycles. The van der Waals surface area contributed by atoms with Crippen molar-refractivity contribution in [3.63, 3.8) is 0 Å². The quantitative estimate of drug-likeness (QED) is 0.184. The Hall–Kier alpha value is -3.79. The number of Topliss-reactive ketones (excluding diaryl/α,β-unsaturated/α-hetero) is 2. The van der Waals surface area contributed by atoms with E-state index < -0.39 is 28.1 Å². The third-order valence-corrected chi connectivity index (χ3v) is 9.04. The molecule has 2 aliphatic rings. The molecule has 1 saturated carbocycles. The second kappa shape index (κ2) is 12.1. The molecule has 5 rings (SSSR count). The Kier molecular flexibility index (Phi) is 8.61. The van der Waals surface area contributed by atoms with Crippen LogP contribution in [0.2, 0.25) is 0 Å².